The normalized spacial score (nSPS) is 25.2. The minimum absolute atomic E-state index is 0.0324. The van der Waals surface area contributed by atoms with E-state index in [0.717, 1.165) is 19.3 Å². The first kappa shape index (κ1) is 15.0. The van der Waals surface area contributed by atoms with Gasteiger partial charge in [0, 0.05) is 16.3 Å². The Hall–Kier alpha value is -0.430. The lowest BCUT2D eigenvalue weighted by atomic mass is 9.98. The van der Waals surface area contributed by atoms with E-state index in [-0.39, 0.29) is 17.5 Å². The minimum atomic E-state index is -3.45. The van der Waals surface area contributed by atoms with Gasteiger partial charge in [-0.1, -0.05) is 26.2 Å². The van der Waals surface area contributed by atoms with Crippen LogP contribution in [0.4, 0.5) is 0 Å². The molecule has 19 heavy (non-hydrogen) atoms. The van der Waals surface area contributed by atoms with Crippen LogP contribution in [0.15, 0.2) is 16.3 Å². The van der Waals surface area contributed by atoms with Crippen LogP contribution < -0.4 is 4.72 Å². The summed E-state index contributed by atoms with van der Waals surface area (Å²) in [5.74, 6) is 0.383. The Morgan fingerprint density at radius 3 is 2.79 bits per heavy atom. The van der Waals surface area contributed by atoms with E-state index < -0.39 is 10.0 Å². The molecule has 4 nitrogen and oxygen atoms in total. The van der Waals surface area contributed by atoms with Crippen molar-refractivity contribution in [2.75, 3.05) is 0 Å². The summed E-state index contributed by atoms with van der Waals surface area (Å²) in [6.45, 7) is 2.01. The maximum Gasteiger partial charge on any atom is 0.241 e. The van der Waals surface area contributed by atoms with Gasteiger partial charge in [0.05, 0.1) is 11.5 Å². The maximum atomic E-state index is 12.3. The zero-order valence-electron chi connectivity index (χ0n) is 11.1. The zero-order chi connectivity index (χ0) is 13.9. The molecule has 2 N–H and O–H groups in total. The molecule has 1 aromatic rings. The Kier molecular flexibility index (Phi) is 5.00. The van der Waals surface area contributed by atoms with Crippen LogP contribution in [0.1, 0.15) is 43.9 Å². The summed E-state index contributed by atoms with van der Waals surface area (Å²) >= 11 is 1.27. The van der Waals surface area contributed by atoms with Crippen molar-refractivity contribution >= 4 is 21.4 Å². The Morgan fingerprint density at radius 2 is 2.11 bits per heavy atom. The van der Waals surface area contributed by atoms with Gasteiger partial charge in [0.1, 0.15) is 0 Å². The van der Waals surface area contributed by atoms with Crippen molar-refractivity contribution in [3.63, 3.8) is 0 Å². The topological polar surface area (TPSA) is 66.4 Å². The summed E-state index contributed by atoms with van der Waals surface area (Å²) in [7, 11) is -3.45. The molecule has 0 bridgehead atoms. The van der Waals surface area contributed by atoms with Crippen molar-refractivity contribution in [3.8, 4) is 0 Å². The van der Waals surface area contributed by atoms with Crippen LogP contribution in [0.5, 0.6) is 0 Å². The maximum absolute atomic E-state index is 12.3. The lowest BCUT2D eigenvalue weighted by molar-refractivity contribution is 0.285. The van der Waals surface area contributed by atoms with Crippen molar-refractivity contribution in [1.29, 1.82) is 0 Å². The lowest BCUT2D eigenvalue weighted by Gasteiger charge is -2.22. The Bertz CT molecular complexity index is 510. The fourth-order valence-corrected chi connectivity index (χ4v) is 5.03. The molecule has 1 aliphatic carbocycles. The molecule has 0 aliphatic heterocycles. The molecule has 1 heterocycles. The van der Waals surface area contributed by atoms with E-state index in [4.69, 9.17) is 5.11 Å². The van der Waals surface area contributed by atoms with E-state index in [1.54, 1.807) is 11.4 Å². The molecular formula is C13H21NO3S2. The minimum Gasteiger partial charge on any atom is -0.391 e. The standard InChI is InChI=1S/C13H21NO3S2/c1-10-5-3-2-4-6-13(10)14-19(16,17)12-7-11(8-15)18-9-12/h7,9-10,13-15H,2-6,8H2,1H3. The van der Waals surface area contributed by atoms with Crippen LogP contribution >= 0.6 is 11.3 Å². The quantitative estimate of drug-likeness (QED) is 0.840. The second kappa shape index (κ2) is 6.35. The molecule has 1 fully saturated rings. The van der Waals surface area contributed by atoms with Gasteiger partial charge in [0.2, 0.25) is 10.0 Å². The smallest absolute Gasteiger partial charge is 0.241 e. The molecule has 1 aliphatic rings. The van der Waals surface area contributed by atoms with Crippen LogP contribution in [-0.2, 0) is 16.6 Å². The van der Waals surface area contributed by atoms with Crippen LogP contribution in [0.2, 0.25) is 0 Å². The number of thiophene rings is 1. The van der Waals surface area contributed by atoms with Gasteiger partial charge < -0.3 is 5.11 Å². The summed E-state index contributed by atoms with van der Waals surface area (Å²) in [6.07, 6.45) is 5.46. The van der Waals surface area contributed by atoms with Gasteiger partial charge in [-0.2, -0.15) is 0 Å². The number of aliphatic hydroxyl groups is 1. The SMILES string of the molecule is CC1CCCCCC1NS(=O)(=O)c1csc(CO)c1. The Balaban J connectivity index is 2.11. The highest BCUT2D eigenvalue weighted by Gasteiger charge is 2.26. The van der Waals surface area contributed by atoms with Gasteiger partial charge in [-0.25, -0.2) is 13.1 Å². The van der Waals surface area contributed by atoms with Gasteiger partial charge in [-0.05, 0) is 24.8 Å². The molecule has 108 valence electrons. The van der Waals surface area contributed by atoms with Crippen LogP contribution in [0.3, 0.4) is 0 Å². The molecule has 1 saturated carbocycles. The Morgan fingerprint density at radius 1 is 1.37 bits per heavy atom. The first-order valence-corrected chi connectivity index (χ1v) is 9.10. The van der Waals surface area contributed by atoms with Crippen molar-refractivity contribution in [2.24, 2.45) is 5.92 Å². The van der Waals surface area contributed by atoms with Crippen LogP contribution in [0, 0.1) is 5.92 Å². The molecule has 0 saturated heterocycles. The predicted molar refractivity (Wildman–Crippen MR) is 76.6 cm³/mol. The highest BCUT2D eigenvalue weighted by atomic mass is 32.2. The first-order chi connectivity index (χ1) is 9.03. The fourth-order valence-electron chi connectivity index (χ4n) is 2.52. The summed E-state index contributed by atoms with van der Waals surface area (Å²) in [5.41, 5.74) is 0. The van der Waals surface area contributed by atoms with Gasteiger partial charge in [0.15, 0.2) is 0 Å². The number of nitrogens with one attached hydrogen (secondary N) is 1. The molecule has 2 atom stereocenters. The molecule has 0 amide bonds. The molecule has 0 aromatic carbocycles. The molecule has 0 spiro atoms. The van der Waals surface area contributed by atoms with Gasteiger partial charge in [-0.3, -0.25) is 0 Å². The zero-order valence-corrected chi connectivity index (χ0v) is 12.8. The third kappa shape index (κ3) is 3.78. The summed E-state index contributed by atoms with van der Waals surface area (Å²) in [5, 5.41) is 10.6. The number of rotatable bonds is 4. The second-order valence-electron chi connectivity index (χ2n) is 5.25. The van der Waals surface area contributed by atoms with Gasteiger partial charge >= 0.3 is 0 Å². The highest BCUT2D eigenvalue weighted by molar-refractivity contribution is 7.89. The van der Waals surface area contributed by atoms with Gasteiger partial charge in [-0.15, -0.1) is 11.3 Å². The van der Waals surface area contributed by atoms with Crippen LogP contribution in [0.25, 0.3) is 0 Å². The summed E-state index contributed by atoms with van der Waals surface area (Å²) in [6, 6.07) is 1.58. The van der Waals surface area contributed by atoms with Crippen molar-refractivity contribution in [2.45, 2.75) is 56.6 Å². The summed E-state index contributed by atoms with van der Waals surface area (Å²) in [4.78, 5) is 0.951. The third-order valence-corrected chi connectivity index (χ3v) is 6.30. The number of aliphatic hydroxyl groups excluding tert-OH is 1. The first-order valence-electron chi connectivity index (χ1n) is 6.73. The highest BCUT2D eigenvalue weighted by Crippen LogP contribution is 2.25. The van der Waals surface area contributed by atoms with E-state index >= 15 is 0 Å². The Labute approximate surface area is 118 Å². The van der Waals surface area contributed by atoms with Crippen molar-refractivity contribution < 1.29 is 13.5 Å². The number of hydrogen-bond acceptors (Lipinski definition) is 4. The molecule has 0 radical (unpaired) electrons. The van der Waals surface area contributed by atoms with Crippen molar-refractivity contribution in [3.05, 3.63) is 16.3 Å². The van der Waals surface area contributed by atoms with Gasteiger partial charge in [0.25, 0.3) is 0 Å². The lowest BCUT2D eigenvalue weighted by Crippen LogP contribution is -2.38. The predicted octanol–water partition coefficient (Wildman–Crippen LogP) is 2.49. The van der Waals surface area contributed by atoms with E-state index in [9.17, 15) is 8.42 Å². The average Bonchev–Trinajstić information content (AvgIpc) is 2.78. The van der Waals surface area contributed by atoms with E-state index in [0.29, 0.717) is 10.8 Å². The number of hydrogen-bond donors (Lipinski definition) is 2. The van der Waals surface area contributed by atoms with E-state index in [2.05, 4.69) is 11.6 Å². The fraction of sp³-hybridized carbons (Fsp3) is 0.692. The molecule has 6 heteroatoms. The third-order valence-electron chi connectivity index (χ3n) is 3.76. The molecular weight excluding hydrogens is 282 g/mol. The van der Waals surface area contributed by atoms with Crippen molar-refractivity contribution in [1.82, 2.24) is 4.72 Å². The molecule has 1 aromatic heterocycles. The second-order valence-corrected chi connectivity index (χ2v) is 7.96. The van der Waals surface area contributed by atoms with E-state index in [1.165, 1.54) is 24.2 Å². The largest absolute Gasteiger partial charge is 0.391 e. The average molecular weight is 303 g/mol. The molecule has 2 unspecified atom stereocenters. The monoisotopic (exact) mass is 303 g/mol. The molecule has 2 rings (SSSR count). The summed E-state index contributed by atoms with van der Waals surface area (Å²) < 4.78 is 27.4. The van der Waals surface area contributed by atoms with E-state index in [1.807, 2.05) is 0 Å². The number of sulfonamides is 1. The van der Waals surface area contributed by atoms with Crippen LogP contribution in [-0.4, -0.2) is 19.6 Å².